The highest BCUT2D eigenvalue weighted by Gasteiger charge is 2.12. The number of anilines is 1. The van der Waals surface area contributed by atoms with E-state index in [1.807, 2.05) is 6.92 Å². The van der Waals surface area contributed by atoms with Crippen LogP contribution in [-0.4, -0.2) is 30.2 Å². The molecule has 0 spiro atoms. The van der Waals surface area contributed by atoms with Crippen molar-refractivity contribution < 1.29 is 19.4 Å². The minimum absolute atomic E-state index is 0.0252. The van der Waals surface area contributed by atoms with Gasteiger partial charge >= 0.3 is 11.9 Å². The summed E-state index contributed by atoms with van der Waals surface area (Å²) in [6, 6.07) is 4.89. The van der Waals surface area contributed by atoms with Crippen LogP contribution in [0.3, 0.4) is 0 Å². The van der Waals surface area contributed by atoms with Gasteiger partial charge in [0.15, 0.2) is 0 Å². The summed E-state index contributed by atoms with van der Waals surface area (Å²) < 4.78 is 4.63. The second-order valence-electron chi connectivity index (χ2n) is 4.16. The molecule has 0 fully saturated rings. The Bertz CT molecular complexity index is 476. The van der Waals surface area contributed by atoms with Crippen LogP contribution in [0.1, 0.15) is 30.1 Å². The van der Waals surface area contributed by atoms with Gasteiger partial charge in [-0.25, -0.2) is 4.79 Å². The molecule has 19 heavy (non-hydrogen) atoms. The number of carbonyl (C=O) groups is 2. The van der Waals surface area contributed by atoms with Crippen LogP contribution in [0.15, 0.2) is 18.2 Å². The SMILES string of the molecule is COC(=O)c1cc(NC(C)CCC(=O)O)ccc1Cl. The van der Waals surface area contributed by atoms with Crippen LogP contribution in [-0.2, 0) is 9.53 Å². The van der Waals surface area contributed by atoms with E-state index in [1.54, 1.807) is 18.2 Å². The van der Waals surface area contributed by atoms with Gasteiger partial charge in [-0.2, -0.15) is 0 Å². The molecule has 6 heteroatoms. The Hall–Kier alpha value is -1.75. The van der Waals surface area contributed by atoms with Crippen LogP contribution in [0.25, 0.3) is 0 Å². The van der Waals surface area contributed by atoms with Gasteiger partial charge in [0.2, 0.25) is 0 Å². The highest BCUT2D eigenvalue weighted by Crippen LogP contribution is 2.22. The van der Waals surface area contributed by atoms with E-state index >= 15 is 0 Å². The maximum atomic E-state index is 11.5. The molecular weight excluding hydrogens is 270 g/mol. The number of esters is 1. The average Bonchev–Trinajstić information content (AvgIpc) is 2.37. The maximum Gasteiger partial charge on any atom is 0.339 e. The van der Waals surface area contributed by atoms with Gasteiger partial charge in [-0.05, 0) is 31.5 Å². The Kier molecular flexibility index (Phi) is 5.63. The summed E-state index contributed by atoms with van der Waals surface area (Å²) in [6.45, 7) is 1.87. The first kappa shape index (κ1) is 15.3. The highest BCUT2D eigenvalue weighted by atomic mass is 35.5. The number of nitrogens with one attached hydrogen (secondary N) is 1. The van der Waals surface area contributed by atoms with E-state index in [0.717, 1.165) is 0 Å². The third-order valence-electron chi connectivity index (χ3n) is 2.58. The normalized spacial score (nSPS) is 11.7. The summed E-state index contributed by atoms with van der Waals surface area (Å²) >= 11 is 5.90. The van der Waals surface area contributed by atoms with Crippen LogP contribution in [0.5, 0.6) is 0 Å². The molecular formula is C13H16ClNO4. The molecule has 0 aliphatic carbocycles. The molecule has 1 rings (SSSR count). The number of carbonyl (C=O) groups excluding carboxylic acids is 1. The molecule has 0 bridgehead atoms. The first-order valence-corrected chi connectivity index (χ1v) is 6.18. The first-order valence-electron chi connectivity index (χ1n) is 5.80. The van der Waals surface area contributed by atoms with Gasteiger partial charge < -0.3 is 15.2 Å². The molecule has 0 aliphatic rings. The molecule has 2 N–H and O–H groups in total. The topological polar surface area (TPSA) is 75.6 Å². The Labute approximate surface area is 116 Å². The van der Waals surface area contributed by atoms with E-state index in [0.29, 0.717) is 17.1 Å². The molecule has 1 aromatic rings. The third-order valence-corrected chi connectivity index (χ3v) is 2.91. The first-order chi connectivity index (χ1) is 8.93. The average molecular weight is 286 g/mol. The molecule has 0 saturated carbocycles. The number of hydrogen-bond donors (Lipinski definition) is 2. The molecule has 0 heterocycles. The number of benzene rings is 1. The molecule has 0 radical (unpaired) electrons. The van der Waals surface area contributed by atoms with Gasteiger partial charge in [-0.15, -0.1) is 0 Å². The summed E-state index contributed by atoms with van der Waals surface area (Å²) in [5, 5.41) is 12.0. The van der Waals surface area contributed by atoms with Crippen LogP contribution in [0, 0.1) is 0 Å². The van der Waals surface area contributed by atoms with Gasteiger partial charge in [0.1, 0.15) is 0 Å². The van der Waals surface area contributed by atoms with Crippen molar-refractivity contribution in [1.29, 1.82) is 0 Å². The minimum Gasteiger partial charge on any atom is -0.481 e. The lowest BCUT2D eigenvalue weighted by Crippen LogP contribution is -2.17. The van der Waals surface area contributed by atoms with Gasteiger partial charge in [0, 0.05) is 18.2 Å². The van der Waals surface area contributed by atoms with Crippen LogP contribution >= 0.6 is 11.6 Å². The van der Waals surface area contributed by atoms with Gasteiger partial charge in [0.05, 0.1) is 17.7 Å². The predicted octanol–water partition coefficient (Wildman–Crippen LogP) is 2.79. The fourth-order valence-electron chi connectivity index (χ4n) is 1.58. The van der Waals surface area contributed by atoms with Crippen molar-refractivity contribution in [2.75, 3.05) is 12.4 Å². The predicted molar refractivity (Wildman–Crippen MR) is 72.7 cm³/mol. The van der Waals surface area contributed by atoms with Crippen molar-refractivity contribution in [1.82, 2.24) is 0 Å². The molecule has 1 atom stereocenters. The van der Waals surface area contributed by atoms with Gasteiger partial charge in [-0.3, -0.25) is 4.79 Å². The molecule has 5 nitrogen and oxygen atoms in total. The second kappa shape index (κ2) is 6.99. The summed E-state index contributed by atoms with van der Waals surface area (Å²) in [6.07, 6.45) is 0.580. The van der Waals surface area contributed by atoms with Crippen molar-refractivity contribution in [2.45, 2.75) is 25.8 Å². The number of ether oxygens (including phenoxy) is 1. The van der Waals surface area contributed by atoms with Gasteiger partial charge in [0.25, 0.3) is 0 Å². The second-order valence-corrected chi connectivity index (χ2v) is 4.57. The molecule has 104 valence electrons. The zero-order valence-electron chi connectivity index (χ0n) is 10.8. The molecule has 0 amide bonds. The van der Waals surface area contributed by atoms with E-state index in [2.05, 4.69) is 10.1 Å². The molecule has 0 saturated heterocycles. The third kappa shape index (κ3) is 4.79. The van der Waals surface area contributed by atoms with Crippen molar-refractivity contribution in [3.63, 3.8) is 0 Å². The number of methoxy groups -OCH3 is 1. The quantitative estimate of drug-likeness (QED) is 0.786. The zero-order chi connectivity index (χ0) is 14.4. The minimum atomic E-state index is -0.833. The lowest BCUT2D eigenvalue weighted by atomic mass is 10.1. The molecule has 1 unspecified atom stereocenters. The Morgan fingerprint density at radius 2 is 2.16 bits per heavy atom. The number of carboxylic acid groups (broad SMARTS) is 1. The Balaban J connectivity index is 2.74. The van der Waals surface area contributed by atoms with E-state index in [4.69, 9.17) is 16.7 Å². The van der Waals surface area contributed by atoms with Crippen molar-refractivity contribution >= 4 is 29.2 Å². The lowest BCUT2D eigenvalue weighted by Gasteiger charge is -2.15. The van der Waals surface area contributed by atoms with E-state index < -0.39 is 11.9 Å². The van der Waals surface area contributed by atoms with Crippen molar-refractivity contribution in [2.24, 2.45) is 0 Å². The monoisotopic (exact) mass is 285 g/mol. The maximum absolute atomic E-state index is 11.5. The van der Waals surface area contributed by atoms with Crippen LogP contribution in [0.4, 0.5) is 5.69 Å². The fourth-order valence-corrected chi connectivity index (χ4v) is 1.77. The fraction of sp³-hybridized carbons (Fsp3) is 0.385. The molecule has 1 aromatic carbocycles. The summed E-state index contributed by atoms with van der Waals surface area (Å²) in [5.41, 5.74) is 0.974. The number of halogens is 1. The largest absolute Gasteiger partial charge is 0.481 e. The standard InChI is InChI=1S/C13H16ClNO4/c1-8(3-6-12(16)17)15-9-4-5-11(14)10(7-9)13(18)19-2/h4-5,7-8,15H,3,6H2,1-2H3,(H,16,17). The lowest BCUT2D eigenvalue weighted by molar-refractivity contribution is -0.137. The Morgan fingerprint density at radius 1 is 1.47 bits per heavy atom. The highest BCUT2D eigenvalue weighted by molar-refractivity contribution is 6.33. The van der Waals surface area contributed by atoms with E-state index in [9.17, 15) is 9.59 Å². The Morgan fingerprint density at radius 3 is 2.74 bits per heavy atom. The summed E-state index contributed by atoms with van der Waals surface area (Å²) in [5.74, 6) is -1.34. The number of rotatable bonds is 6. The van der Waals surface area contributed by atoms with Crippen molar-refractivity contribution in [3.8, 4) is 0 Å². The van der Waals surface area contributed by atoms with Crippen LogP contribution in [0.2, 0.25) is 5.02 Å². The molecule has 0 aromatic heterocycles. The zero-order valence-corrected chi connectivity index (χ0v) is 11.5. The smallest absolute Gasteiger partial charge is 0.339 e. The summed E-state index contributed by atoms with van der Waals surface area (Å²) in [7, 11) is 1.29. The summed E-state index contributed by atoms with van der Waals surface area (Å²) in [4.78, 5) is 22.0. The van der Waals surface area contributed by atoms with E-state index in [-0.39, 0.29) is 18.0 Å². The number of aliphatic carboxylic acids is 1. The van der Waals surface area contributed by atoms with E-state index in [1.165, 1.54) is 7.11 Å². The van der Waals surface area contributed by atoms with Crippen LogP contribution < -0.4 is 5.32 Å². The molecule has 0 aliphatic heterocycles. The van der Waals surface area contributed by atoms with Crippen molar-refractivity contribution in [3.05, 3.63) is 28.8 Å². The van der Waals surface area contributed by atoms with Gasteiger partial charge in [-0.1, -0.05) is 11.6 Å². The number of hydrogen-bond acceptors (Lipinski definition) is 4. The number of carboxylic acids is 1.